The lowest BCUT2D eigenvalue weighted by Crippen LogP contribution is -2.45. The zero-order valence-electron chi connectivity index (χ0n) is 20.7. The quantitative estimate of drug-likeness (QED) is 0.401. The lowest BCUT2D eigenvalue weighted by atomic mass is 9.75. The van der Waals surface area contributed by atoms with E-state index in [2.05, 4.69) is 80.6 Å². The summed E-state index contributed by atoms with van der Waals surface area (Å²) in [5, 5.41) is 0. The Kier molecular flexibility index (Phi) is 5.25. The summed E-state index contributed by atoms with van der Waals surface area (Å²) in [6.45, 7) is 25.3. The summed E-state index contributed by atoms with van der Waals surface area (Å²) >= 11 is 0. The van der Waals surface area contributed by atoms with Gasteiger partial charge in [-0.2, -0.15) is 0 Å². The van der Waals surface area contributed by atoms with Gasteiger partial charge in [-0.05, 0) is 106 Å². The first-order valence-corrected chi connectivity index (χ1v) is 15.4. The molecular weight excluding hydrogens is 364 g/mol. The molecule has 0 bridgehead atoms. The topological polar surface area (TPSA) is 0 Å². The molecule has 0 aromatic heterocycles. The molecule has 0 saturated heterocycles. The summed E-state index contributed by atoms with van der Waals surface area (Å²) < 4.78 is 0. The van der Waals surface area contributed by atoms with Crippen molar-refractivity contribution < 1.29 is 0 Å². The molecule has 1 heteroatoms. The molecule has 0 amide bonds. The second-order valence-corrected chi connectivity index (χ2v) is 16.9. The molecule has 29 heavy (non-hydrogen) atoms. The molecule has 0 spiro atoms. The van der Waals surface area contributed by atoms with E-state index >= 15 is 0 Å². The first-order valence-electron chi connectivity index (χ1n) is 12.2. The molecule has 4 rings (SSSR count). The van der Waals surface area contributed by atoms with Crippen molar-refractivity contribution in [2.45, 2.75) is 92.4 Å². The SMILES string of the molecule is CC1=CC=C(C)C2C1C(C)C(C)C2[Si](C)(C)C1CCC2C(C)=C(C)C(C)=C(C)C21. The minimum absolute atomic E-state index is 0.789. The average molecular weight is 409 g/mol. The lowest BCUT2D eigenvalue weighted by Gasteiger charge is -2.47. The van der Waals surface area contributed by atoms with Gasteiger partial charge < -0.3 is 0 Å². The third-order valence-electron chi connectivity index (χ3n) is 10.7. The Labute approximate surface area is 181 Å². The second kappa shape index (κ2) is 7.11. The van der Waals surface area contributed by atoms with Gasteiger partial charge in [0.05, 0.1) is 8.07 Å². The monoisotopic (exact) mass is 408 g/mol. The molecular formula is C28H44Si. The first-order chi connectivity index (χ1) is 13.5. The van der Waals surface area contributed by atoms with Crippen LogP contribution in [-0.4, -0.2) is 8.07 Å². The molecule has 4 aliphatic carbocycles. The number of fused-ring (bicyclic) bond motifs is 2. The summed E-state index contributed by atoms with van der Waals surface area (Å²) in [7, 11) is -1.48. The molecule has 0 nitrogen and oxygen atoms in total. The maximum absolute atomic E-state index is 2.79. The Morgan fingerprint density at radius 2 is 1.24 bits per heavy atom. The van der Waals surface area contributed by atoms with Gasteiger partial charge in [0.25, 0.3) is 0 Å². The van der Waals surface area contributed by atoms with Gasteiger partial charge in [-0.1, -0.05) is 67.8 Å². The largest absolute Gasteiger partial charge is 0.0696 e. The smallest absolute Gasteiger partial charge is 0.0551 e. The zero-order valence-corrected chi connectivity index (χ0v) is 21.7. The van der Waals surface area contributed by atoms with E-state index in [1.54, 1.807) is 33.4 Å². The highest BCUT2D eigenvalue weighted by atomic mass is 28.3. The number of hydrogen-bond acceptors (Lipinski definition) is 0. The summed E-state index contributed by atoms with van der Waals surface area (Å²) in [5.41, 5.74) is 11.9. The minimum Gasteiger partial charge on any atom is -0.0696 e. The number of allylic oxidation sites excluding steroid dienone is 8. The molecule has 0 heterocycles. The maximum atomic E-state index is 2.79. The van der Waals surface area contributed by atoms with E-state index in [-0.39, 0.29) is 0 Å². The van der Waals surface area contributed by atoms with Gasteiger partial charge in [-0.25, -0.2) is 0 Å². The van der Waals surface area contributed by atoms with E-state index in [1.165, 1.54) is 12.8 Å². The van der Waals surface area contributed by atoms with Crippen molar-refractivity contribution in [3.05, 3.63) is 45.6 Å². The van der Waals surface area contributed by atoms with Gasteiger partial charge in [-0.15, -0.1) is 0 Å². The standard InChI is InChI=1S/C28H44Si/c1-15-11-12-16(2)26-25(15)21(7)22(8)28(26)29(9,10)24-14-13-23-19(5)17(3)18(4)20(6)27(23)24/h11-12,21-28H,13-14H2,1-10H3. The third kappa shape index (κ3) is 2.89. The highest BCUT2D eigenvalue weighted by Crippen LogP contribution is 2.65. The first kappa shape index (κ1) is 21.4. The molecule has 4 aliphatic rings. The van der Waals surface area contributed by atoms with Crippen LogP contribution in [0.1, 0.15) is 68.2 Å². The van der Waals surface area contributed by atoms with Crippen molar-refractivity contribution in [2.24, 2.45) is 35.5 Å². The predicted molar refractivity (Wildman–Crippen MR) is 131 cm³/mol. The Morgan fingerprint density at radius 3 is 1.86 bits per heavy atom. The molecule has 2 saturated carbocycles. The normalized spacial score (nSPS) is 42.7. The highest BCUT2D eigenvalue weighted by Gasteiger charge is 2.59. The number of rotatable bonds is 2. The fourth-order valence-corrected chi connectivity index (χ4v) is 14.6. The van der Waals surface area contributed by atoms with Crippen molar-refractivity contribution in [1.82, 2.24) is 0 Å². The molecule has 0 N–H and O–H groups in total. The van der Waals surface area contributed by atoms with Crippen molar-refractivity contribution >= 4 is 8.07 Å². The average Bonchev–Trinajstić information content (AvgIpc) is 3.23. The van der Waals surface area contributed by atoms with Gasteiger partial charge >= 0.3 is 0 Å². The second-order valence-electron chi connectivity index (χ2n) is 11.9. The zero-order chi connectivity index (χ0) is 21.4. The van der Waals surface area contributed by atoms with E-state index in [4.69, 9.17) is 0 Å². The van der Waals surface area contributed by atoms with Crippen LogP contribution in [0.3, 0.4) is 0 Å². The summed E-state index contributed by atoms with van der Waals surface area (Å²) in [6, 6.07) is 0. The van der Waals surface area contributed by atoms with Crippen LogP contribution in [0, 0.1) is 35.5 Å². The van der Waals surface area contributed by atoms with Crippen LogP contribution in [0.2, 0.25) is 24.2 Å². The fraction of sp³-hybridized carbons (Fsp3) is 0.714. The van der Waals surface area contributed by atoms with Crippen molar-refractivity contribution in [3.8, 4) is 0 Å². The van der Waals surface area contributed by atoms with E-state index < -0.39 is 8.07 Å². The molecule has 0 radical (unpaired) electrons. The van der Waals surface area contributed by atoms with E-state index in [1.807, 2.05) is 0 Å². The molecule has 0 aliphatic heterocycles. The van der Waals surface area contributed by atoms with Gasteiger partial charge in [-0.3, -0.25) is 0 Å². The Balaban J connectivity index is 1.74. The highest BCUT2D eigenvalue weighted by molar-refractivity contribution is 6.80. The van der Waals surface area contributed by atoms with Crippen molar-refractivity contribution in [3.63, 3.8) is 0 Å². The predicted octanol–water partition coefficient (Wildman–Crippen LogP) is 8.57. The van der Waals surface area contributed by atoms with Crippen LogP contribution in [0.25, 0.3) is 0 Å². The molecule has 160 valence electrons. The summed E-state index contributed by atoms with van der Waals surface area (Å²) in [6.07, 6.45) is 7.79. The molecule has 0 aromatic carbocycles. The molecule has 0 aromatic rings. The fourth-order valence-electron chi connectivity index (χ4n) is 8.71. The Hall–Kier alpha value is -0.823. The number of hydrogen-bond donors (Lipinski definition) is 0. The molecule has 8 unspecified atom stereocenters. The maximum Gasteiger partial charge on any atom is 0.0551 e. The Morgan fingerprint density at radius 1 is 0.690 bits per heavy atom. The van der Waals surface area contributed by atoms with E-state index in [9.17, 15) is 0 Å². The molecule has 8 atom stereocenters. The van der Waals surface area contributed by atoms with Crippen molar-refractivity contribution in [1.29, 1.82) is 0 Å². The van der Waals surface area contributed by atoms with E-state index in [0.29, 0.717) is 0 Å². The summed E-state index contributed by atoms with van der Waals surface area (Å²) in [5.74, 6) is 4.91. The van der Waals surface area contributed by atoms with Crippen LogP contribution in [0.5, 0.6) is 0 Å². The van der Waals surface area contributed by atoms with Crippen LogP contribution in [0.15, 0.2) is 45.6 Å². The van der Waals surface area contributed by atoms with Gasteiger partial charge in [0.2, 0.25) is 0 Å². The summed E-state index contributed by atoms with van der Waals surface area (Å²) in [4.78, 5) is 0. The van der Waals surface area contributed by atoms with E-state index in [0.717, 1.165) is 46.6 Å². The van der Waals surface area contributed by atoms with Gasteiger partial charge in [0.15, 0.2) is 0 Å². The van der Waals surface area contributed by atoms with Gasteiger partial charge in [0.1, 0.15) is 0 Å². The Bertz CT molecular complexity index is 832. The molecule has 2 fully saturated rings. The van der Waals surface area contributed by atoms with Crippen LogP contribution < -0.4 is 0 Å². The van der Waals surface area contributed by atoms with Crippen LogP contribution >= 0.6 is 0 Å². The van der Waals surface area contributed by atoms with Crippen LogP contribution in [0.4, 0.5) is 0 Å². The van der Waals surface area contributed by atoms with Crippen molar-refractivity contribution in [2.75, 3.05) is 0 Å². The van der Waals surface area contributed by atoms with Crippen LogP contribution in [-0.2, 0) is 0 Å². The lowest BCUT2D eigenvalue weighted by molar-refractivity contribution is 0.374. The third-order valence-corrected chi connectivity index (χ3v) is 15.8. The van der Waals surface area contributed by atoms with Gasteiger partial charge in [0, 0.05) is 0 Å². The minimum atomic E-state index is -1.48.